The van der Waals surface area contributed by atoms with E-state index in [2.05, 4.69) is 14.5 Å². The molecule has 0 bridgehead atoms. The molecule has 0 aliphatic rings. The second kappa shape index (κ2) is 8.45. The number of aliphatic carboxylic acids is 1. The molecule has 10 nitrogen and oxygen atoms in total. The third kappa shape index (κ3) is 5.38. The minimum atomic E-state index is -1.53. The van der Waals surface area contributed by atoms with Crippen LogP contribution in [0.1, 0.15) is 25.2 Å². The van der Waals surface area contributed by atoms with Crippen LogP contribution in [0.15, 0.2) is 29.4 Å². The van der Waals surface area contributed by atoms with Crippen molar-refractivity contribution in [2.75, 3.05) is 12.8 Å². The molecule has 1 aromatic carbocycles. The van der Waals surface area contributed by atoms with E-state index in [4.69, 9.17) is 20.0 Å². The number of carboxylic acids is 1. The topological polar surface area (TPSA) is 146 Å². The lowest BCUT2D eigenvalue weighted by Crippen LogP contribution is -2.36. The summed E-state index contributed by atoms with van der Waals surface area (Å²) in [6, 6.07) is 6.97. The normalized spacial score (nSPS) is 11.7. The highest BCUT2D eigenvalue weighted by Crippen LogP contribution is 2.17. The number of benzene rings is 1. The third-order valence-electron chi connectivity index (χ3n) is 3.24. The Morgan fingerprint density at radius 3 is 2.48 bits per heavy atom. The van der Waals surface area contributed by atoms with E-state index < -0.39 is 23.3 Å². The van der Waals surface area contributed by atoms with Gasteiger partial charge in [0.15, 0.2) is 5.13 Å². The first-order valence-electron chi connectivity index (χ1n) is 7.62. The number of anilines is 1. The van der Waals surface area contributed by atoms with Crippen LogP contribution in [0.2, 0.25) is 0 Å². The number of nitrogens with two attached hydrogens (primary N) is 1. The molecule has 2 aromatic rings. The fourth-order valence-corrected chi connectivity index (χ4v) is 2.18. The lowest BCUT2D eigenvalue weighted by atomic mass is 10.1. The van der Waals surface area contributed by atoms with Gasteiger partial charge in [-0.05, 0) is 31.5 Å². The number of carbonyl (C=O) groups excluding carboxylic acids is 1. The lowest BCUT2D eigenvalue weighted by Gasteiger charge is -2.20. The Balaban J connectivity index is 2.02. The van der Waals surface area contributed by atoms with Crippen molar-refractivity contribution in [3.63, 3.8) is 0 Å². The fourth-order valence-electron chi connectivity index (χ4n) is 1.75. The number of methoxy groups -OCH3 is 1. The van der Waals surface area contributed by atoms with Crippen LogP contribution in [-0.4, -0.2) is 44.8 Å². The van der Waals surface area contributed by atoms with Gasteiger partial charge < -0.3 is 25.2 Å². The Hall–Kier alpha value is -3.21. The van der Waals surface area contributed by atoms with Crippen LogP contribution in [0.4, 0.5) is 5.13 Å². The Morgan fingerprint density at radius 1 is 1.30 bits per heavy atom. The Morgan fingerprint density at radius 2 is 1.96 bits per heavy atom. The van der Waals surface area contributed by atoms with Gasteiger partial charge in [-0.3, -0.25) is 0 Å². The van der Waals surface area contributed by atoms with Crippen LogP contribution in [0.5, 0.6) is 5.75 Å². The molecule has 27 heavy (non-hydrogen) atoms. The molecule has 0 unspecified atom stereocenters. The predicted octanol–water partition coefficient (Wildman–Crippen LogP) is 1.46. The number of nitrogens with zero attached hydrogens (tertiary/aromatic N) is 3. The number of carboxylic acid groups (broad SMARTS) is 1. The van der Waals surface area contributed by atoms with Gasteiger partial charge in [-0.25, -0.2) is 9.59 Å². The summed E-state index contributed by atoms with van der Waals surface area (Å²) < 4.78 is 14.0. The van der Waals surface area contributed by atoms with Gasteiger partial charge in [0.2, 0.25) is 17.1 Å². The quantitative estimate of drug-likeness (QED) is 0.386. The second-order valence-corrected chi connectivity index (χ2v) is 6.51. The summed E-state index contributed by atoms with van der Waals surface area (Å²) in [6.45, 7) is 2.81. The number of esters is 1. The molecule has 0 aliphatic heterocycles. The third-order valence-corrected chi connectivity index (χ3v) is 3.78. The maximum absolute atomic E-state index is 12.2. The molecular weight excluding hydrogens is 376 g/mol. The average Bonchev–Trinajstić information content (AvgIpc) is 3.05. The molecule has 0 aliphatic carbocycles. The SMILES string of the molecule is COc1ccc(COC(=O)C(C)(C)O/N=C(\C(=O)O)c2nsc(N)n2)cc1. The highest BCUT2D eigenvalue weighted by Gasteiger charge is 2.33. The van der Waals surface area contributed by atoms with E-state index in [0.717, 1.165) is 17.1 Å². The summed E-state index contributed by atoms with van der Waals surface area (Å²) >= 11 is 0.814. The summed E-state index contributed by atoms with van der Waals surface area (Å²) in [7, 11) is 1.55. The maximum Gasteiger partial charge on any atom is 0.362 e. The highest BCUT2D eigenvalue weighted by molar-refractivity contribution is 7.09. The second-order valence-electron chi connectivity index (χ2n) is 5.73. The number of carbonyl (C=O) groups is 2. The van der Waals surface area contributed by atoms with E-state index in [-0.39, 0.29) is 17.6 Å². The highest BCUT2D eigenvalue weighted by atomic mass is 32.1. The van der Waals surface area contributed by atoms with Gasteiger partial charge >= 0.3 is 11.9 Å². The van der Waals surface area contributed by atoms with E-state index in [1.54, 1.807) is 31.4 Å². The van der Waals surface area contributed by atoms with Crippen LogP contribution in [0.25, 0.3) is 0 Å². The molecule has 2 rings (SSSR count). The van der Waals surface area contributed by atoms with E-state index in [1.165, 1.54) is 13.8 Å². The van der Waals surface area contributed by atoms with Gasteiger partial charge in [0.25, 0.3) is 0 Å². The zero-order valence-electron chi connectivity index (χ0n) is 14.8. The molecule has 0 atom stereocenters. The maximum atomic E-state index is 12.2. The molecule has 1 heterocycles. The van der Waals surface area contributed by atoms with Gasteiger partial charge in [-0.1, -0.05) is 17.3 Å². The van der Waals surface area contributed by atoms with E-state index >= 15 is 0 Å². The van der Waals surface area contributed by atoms with E-state index in [1.807, 2.05) is 0 Å². The molecule has 0 saturated carbocycles. The van der Waals surface area contributed by atoms with Crippen LogP contribution in [0, 0.1) is 0 Å². The monoisotopic (exact) mass is 394 g/mol. The van der Waals surface area contributed by atoms with E-state index in [0.29, 0.717) is 5.75 Å². The summed E-state index contributed by atoms with van der Waals surface area (Å²) in [6.07, 6.45) is 0. The minimum absolute atomic E-state index is 0.00922. The standard InChI is InChI=1S/C16H18N4O6S/c1-16(2,14(23)25-8-9-4-6-10(24-3)7-5-9)26-19-11(13(21)22)12-18-15(17)27-20-12/h4-7H,8H2,1-3H3,(H,21,22)(H2,17,18,20)/b19-11-. The molecule has 0 radical (unpaired) electrons. The molecule has 0 spiro atoms. The number of oxime groups is 1. The minimum Gasteiger partial charge on any atom is -0.497 e. The molecule has 0 fully saturated rings. The number of hydrogen-bond acceptors (Lipinski definition) is 10. The fraction of sp³-hybridized carbons (Fsp3) is 0.312. The number of nitrogen functional groups attached to an aromatic ring is 1. The van der Waals surface area contributed by atoms with E-state index in [9.17, 15) is 14.7 Å². The van der Waals surface area contributed by atoms with Gasteiger partial charge in [-0.2, -0.15) is 9.36 Å². The number of aromatic nitrogens is 2. The Kier molecular flexibility index (Phi) is 6.29. The summed E-state index contributed by atoms with van der Waals surface area (Å²) in [5, 5.41) is 12.8. The Labute approximate surface area is 158 Å². The van der Waals surface area contributed by atoms with Crippen molar-refractivity contribution >= 4 is 34.3 Å². The molecular formula is C16H18N4O6S. The van der Waals surface area contributed by atoms with Crippen LogP contribution >= 0.6 is 11.5 Å². The van der Waals surface area contributed by atoms with Crippen LogP contribution in [-0.2, 0) is 25.8 Å². The molecule has 0 saturated heterocycles. The smallest absolute Gasteiger partial charge is 0.362 e. The zero-order valence-corrected chi connectivity index (χ0v) is 15.6. The number of ether oxygens (including phenoxy) is 2. The van der Waals surface area contributed by atoms with Gasteiger partial charge in [0.05, 0.1) is 7.11 Å². The van der Waals surface area contributed by atoms with Gasteiger partial charge in [-0.15, -0.1) is 0 Å². The van der Waals surface area contributed by atoms with Crippen molar-refractivity contribution < 1.29 is 29.0 Å². The Bertz CT molecular complexity index is 847. The number of hydrogen-bond donors (Lipinski definition) is 2. The average molecular weight is 394 g/mol. The van der Waals surface area contributed by atoms with Crippen molar-refractivity contribution in [2.45, 2.75) is 26.1 Å². The van der Waals surface area contributed by atoms with Crippen molar-refractivity contribution in [3.05, 3.63) is 35.7 Å². The summed E-state index contributed by atoms with van der Waals surface area (Å²) in [4.78, 5) is 32.4. The molecule has 144 valence electrons. The predicted molar refractivity (Wildman–Crippen MR) is 96.4 cm³/mol. The molecule has 0 amide bonds. The zero-order chi connectivity index (χ0) is 20.0. The van der Waals surface area contributed by atoms with Crippen molar-refractivity contribution in [1.29, 1.82) is 0 Å². The first-order valence-corrected chi connectivity index (χ1v) is 8.39. The van der Waals surface area contributed by atoms with Crippen molar-refractivity contribution in [3.8, 4) is 5.75 Å². The van der Waals surface area contributed by atoms with Crippen molar-refractivity contribution in [2.24, 2.45) is 5.16 Å². The van der Waals surface area contributed by atoms with Gasteiger partial charge in [0.1, 0.15) is 12.4 Å². The molecule has 1 aromatic heterocycles. The van der Waals surface area contributed by atoms with Crippen LogP contribution < -0.4 is 10.5 Å². The summed E-state index contributed by atoms with van der Waals surface area (Å²) in [5.74, 6) is -1.67. The molecule has 11 heteroatoms. The van der Waals surface area contributed by atoms with Gasteiger partial charge in [0, 0.05) is 11.5 Å². The first-order chi connectivity index (χ1) is 12.7. The molecule has 3 N–H and O–H groups in total. The largest absolute Gasteiger partial charge is 0.497 e. The number of rotatable bonds is 8. The van der Waals surface area contributed by atoms with Crippen molar-refractivity contribution in [1.82, 2.24) is 9.36 Å². The lowest BCUT2D eigenvalue weighted by molar-refractivity contribution is -0.169. The first kappa shape index (κ1) is 20.1. The van der Waals surface area contributed by atoms with Crippen LogP contribution in [0.3, 0.4) is 0 Å². The summed E-state index contributed by atoms with van der Waals surface area (Å²) in [5.41, 5.74) is 4.08.